The third-order valence-electron chi connectivity index (χ3n) is 3.56. The largest absolute Gasteiger partial charge is 0.0807 e. The van der Waals surface area contributed by atoms with Crippen molar-refractivity contribution in [3.05, 3.63) is 60.7 Å². The number of hydrogen-bond donors (Lipinski definition) is 0. The Morgan fingerprint density at radius 1 is 0.476 bits per heavy atom. The number of benzene rings is 2. The lowest BCUT2D eigenvalue weighted by Gasteiger charge is -2.02. The molecule has 4 radical (unpaired) electrons. The summed E-state index contributed by atoms with van der Waals surface area (Å²) in [7, 11) is 2.00. The van der Waals surface area contributed by atoms with Crippen LogP contribution in [0, 0.1) is 0 Å². The molecule has 108 valence electrons. The van der Waals surface area contributed by atoms with Gasteiger partial charge in [0.15, 0.2) is 0 Å². The molecular formula is C19H24Si2. The number of unbranched alkanes of at least 4 members (excludes halogenated alkanes) is 4. The van der Waals surface area contributed by atoms with Crippen LogP contribution >= 0.6 is 0 Å². The highest BCUT2D eigenvalue weighted by molar-refractivity contribution is 6.53. The molecule has 2 heteroatoms. The minimum Gasteiger partial charge on any atom is -0.0642 e. The highest BCUT2D eigenvalue weighted by atomic mass is 28.2. The molecule has 2 aromatic carbocycles. The maximum atomic E-state index is 2.25. The van der Waals surface area contributed by atoms with Gasteiger partial charge in [-0.15, -0.1) is 0 Å². The van der Waals surface area contributed by atoms with Crippen molar-refractivity contribution >= 4 is 29.4 Å². The van der Waals surface area contributed by atoms with Crippen molar-refractivity contribution in [3.8, 4) is 0 Å². The molecule has 0 unspecified atom stereocenters. The van der Waals surface area contributed by atoms with Crippen LogP contribution in [0.15, 0.2) is 60.7 Å². The molecule has 0 nitrogen and oxygen atoms in total. The van der Waals surface area contributed by atoms with Gasteiger partial charge in [-0.3, -0.25) is 0 Å². The molecule has 0 amide bonds. The normalized spacial score (nSPS) is 10.7. The van der Waals surface area contributed by atoms with Crippen molar-refractivity contribution in [2.75, 3.05) is 0 Å². The topological polar surface area (TPSA) is 0 Å². The fourth-order valence-corrected chi connectivity index (χ4v) is 4.64. The zero-order valence-corrected chi connectivity index (χ0v) is 14.7. The summed E-state index contributed by atoms with van der Waals surface area (Å²) in [5, 5.41) is 3.03. The van der Waals surface area contributed by atoms with Gasteiger partial charge in [0.25, 0.3) is 0 Å². The van der Waals surface area contributed by atoms with Gasteiger partial charge in [-0.2, -0.15) is 0 Å². The Bertz CT molecular complexity index is 422. The molecule has 2 rings (SSSR count). The molecule has 0 aliphatic heterocycles. The van der Waals surface area contributed by atoms with Crippen LogP contribution in [0.3, 0.4) is 0 Å². The molecule has 0 bridgehead atoms. The first-order valence-corrected chi connectivity index (χ1v) is 10.4. The third-order valence-corrected chi connectivity index (χ3v) is 6.25. The third kappa shape index (κ3) is 7.44. The summed E-state index contributed by atoms with van der Waals surface area (Å²) in [5.74, 6) is 0. The van der Waals surface area contributed by atoms with Crippen molar-refractivity contribution in [2.45, 2.75) is 44.2 Å². The van der Waals surface area contributed by atoms with Gasteiger partial charge in [0, 0.05) is 0 Å². The molecule has 0 saturated heterocycles. The average molecular weight is 309 g/mol. The molecule has 0 heterocycles. The minimum absolute atomic E-state index is 0.999. The summed E-state index contributed by atoms with van der Waals surface area (Å²) in [6.45, 7) is 0. The molecule has 2 aromatic rings. The molecule has 0 spiro atoms. The van der Waals surface area contributed by atoms with Crippen molar-refractivity contribution in [3.63, 3.8) is 0 Å². The summed E-state index contributed by atoms with van der Waals surface area (Å²) in [4.78, 5) is 0. The van der Waals surface area contributed by atoms with E-state index in [2.05, 4.69) is 60.7 Å². The first-order chi connectivity index (χ1) is 10.4. The Morgan fingerprint density at radius 2 is 0.857 bits per heavy atom. The molecule has 0 aliphatic rings. The summed E-state index contributed by atoms with van der Waals surface area (Å²) in [5.41, 5.74) is 0. The highest BCUT2D eigenvalue weighted by Crippen LogP contribution is 2.07. The van der Waals surface area contributed by atoms with E-state index in [9.17, 15) is 0 Å². The van der Waals surface area contributed by atoms with E-state index < -0.39 is 0 Å². The van der Waals surface area contributed by atoms with Crippen LogP contribution in [0.25, 0.3) is 0 Å². The van der Waals surface area contributed by atoms with Gasteiger partial charge in [-0.05, 0) is 0 Å². The molecule has 0 saturated carbocycles. The van der Waals surface area contributed by atoms with Crippen LogP contribution in [-0.4, -0.2) is 19.0 Å². The highest BCUT2D eigenvalue weighted by Gasteiger charge is 1.96. The lowest BCUT2D eigenvalue weighted by atomic mass is 10.2. The predicted octanol–water partition coefficient (Wildman–Crippen LogP) is 3.83. The first kappa shape index (κ1) is 16.2. The molecule has 0 N–H and O–H groups in total. The molecule has 0 fully saturated rings. The second-order valence-electron chi connectivity index (χ2n) is 5.35. The molecular weight excluding hydrogens is 284 g/mol. The van der Waals surface area contributed by atoms with Crippen molar-refractivity contribution < 1.29 is 0 Å². The fourth-order valence-electron chi connectivity index (χ4n) is 2.36. The van der Waals surface area contributed by atoms with E-state index >= 15 is 0 Å². The van der Waals surface area contributed by atoms with Crippen LogP contribution in [0.1, 0.15) is 32.1 Å². The van der Waals surface area contributed by atoms with Crippen LogP contribution in [0.2, 0.25) is 12.1 Å². The monoisotopic (exact) mass is 308 g/mol. The van der Waals surface area contributed by atoms with Gasteiger partial charge in [0.1, 0.15) is 0 Å². The van der Waals surface area contributed by atoms with E-state index in [0.717, 1.165) is 19.0 Å². The second-order valence-corrected chi connectivity index (χ2v) is 8.22. The van der Waals surface area contributed by atoms with Crippen molar-refractivity contribution in [1.29, 1.82) is 0 Å². The minimum atomic E-state index is 0.999. The Morgan fingerprint density at radius 3 is 1.29 bits per heavy atom. The van der Waals surface area contributed by atoms with Crippen LogP contribution in [-0.2, 0) is 0 Å². The molecule has 0 aliphatic carbocycles. The average Bonchev–Trinajstić information content (AvgIpc) is 2.55. The smallest absolute Gasteiger partial charge is 0.0642 e. The van der Waals surface area contributed by atoms with Crippen molar-refractivity contribution in [1.82, 2.24) is 0 Å². The maximum absolute atomic E-state index is 2.25. The predicted molar refractivity (Wildman–Crippen MR) is 96.4 cm³/mol. The van der Waals surface area contributed by atoms with Gasteiger partial charge < -0.3 is 0 Å². The van der Waals surface area contributed by atoms with E-state index in [1.165, 1.54) is 54.6 Å². The zero-order valence-electron chi connectivity index (χ0n) is 12.7. The maximum Gasteiger partial charge on any atom is 0.0807 e. The molecule has 21 heavy (non-hydrogen) atoms. The van der Waals surface area contributed by atoms with Gasteiger partial charge >= 0.3 is 0 Å². The van der Waals surface area contributed by atoms with E-state index in [1.54, 1.807) is 0 Å². The van der Waals surface area contributed by atoms with E-state index in [-0.39, 0.29) is 0 Å². The lowest BCUT2D eigenvalue weighted by molar-refractivity contribution is 0.655. The van der Waals surface area contributed by atoms with E-state index in [4.69, 9.17) is 0 Å². The van der Waals surface area contributed by atoms with Crippen molar-refractivity contribution in [2.24, 2.45) is 0 Å². The van der Waals surface area contributed by atoms with E-state index in [1.807, 2.05) is 0 Å². The molecule has 0 atom stereocenters. The summed E-state index contributed by atoms with van der Waals surface area (Å²) >= 11 is 0. The summed E-state index contributed by atoms with van der Waals surface area (Å²) in [6.07, 6.45) is 7.03. The fraction of sp³-hybridized carbons (Fsp3) is 0.368. The Labute approximate surface area is 134 Å². The number of hydrogen-bond acceptors (Lipinski definition) is 0. The SMILES string of the molecule is c1ccc([Si]CCCCCCC[Si]c2ccccc2)cc1. The quantitative estimate of drug-likeness (QED) is 0.462. The Kier molecular flexibility index (Phi) is 8.19. The standard InChI is InChI=1S/C19H24Si2/c1(2-10-16-20-18-12-6-4-7-13-18)3-11-17-21-19-14-8-5-9-15-19/h4-9,12-15H,1-3,10-11,16-17H2. The first-order valence-electron chi connectivity index (χ1n) is 8.03. The lowest BCUT2D eigenvalue weighted by Crippen LogP contribution is -2.12. The van der Waals surface area contributed by atoms with E-state index in [0.29, 0.717) is 0 Å². The Balaban J connectivity index is 1.40. The van der Waals surface area contributed by atoms with Gasteiger partial charge in [-0.1, -0.05) is 115 Å². The van der Waals surface area contributed by atoms with Crippen LogP contribution in [0.5, 0.6) is 0 Å². The van der Waals surface area contributed by atoms with Gasteiger partial charge in [0.2, 0.25) is 0 Å². The van der Waals surface area contributed by atoms with Gasteiger partial charge in [-0.25, -0.2) is 0 Å². The second kappa shape index (κ2) is 10.6. The summed E-state index contributed by atoms with van der Waals surface area (Å²) in [6, 6.07) is 24.6. The zero-order chi connectivity index (χ0) is 14.6. The Hall–Kier alpha value is -1.13. The summed E-state index contributed by atoms with van der Waals surface area (Å²) < 4.78 is 0. The van der Waals surface area contributed by atoms with Crippen LogP contribution < -0.4 is 10.4 Å². The van der Waals surface area contributed by atoms with Gasteiger partial charge in [0.05, 0.1) is 19.0 Å². The number of rotatable bonds is 10. The molecule has 0 aromatic heterocycles. The van der Waals surface area contributed by atoms with Crippen LogP contribution in [0.4, 0.5) is 0 Å².